The molecule has 0 fully saturated rings. The molecule has 1 heterocycles. The van der Waals surface area contributed by atoms with E-state index in [0.29, 0.717) is 0 Å². The molecule has 0 bridgehead atoms. The first-order valence-corrected chi connectivity index (χ1v) is 8.22. The highest BCUT2D eigenvalue weighted by atomic mass is 32.1. The third-order valence-corrected chi connectivity index (χ3v) is 4.62. The number of hydrogen-bond donors (Lipinski definition) is 1. The lowest BCUT2D eigenvalue weighted by Gasteiger charge is -2.15. The van der Waals surface area contributed by atoms with Crippen molar-refractivity contribution in [2.45, 2.75) is 26.2 Å². The zero-order chi connectivity index (χ0) is 15.5. The molecule has 2 aromatic carbocycles. The summed E-state index contributed by atoms with van der Waals surface area (Å²) in [4.78, 5) is 17.0. The van der Waals surface area contributed by atoms with Crippen molar-refractivity contribution in [2.24, 2.45) is 0 Å². The molecular weight excluding hydrogens is 292 g/mol. The number of carbonyl (C=O) groups is 1. The first-order chi connectivity index (χ1) is 10.7. The summed E-state index contributed by atoms with van der Waals surface area (Å²) in [6.45, 7) is 4.03. The maximum Gasteiger partial charge on any atom is 0.231 e. The first kappa shape index (κ1) is 14.7. The lowest BCUT2D eigenvalue weighted by atomic mass is 9.95. The van der Waals surface area contributed by atoms with Crippen LogP contribution in [0.25, 0.3) is 10.2 Å². The Bertz CT molecular complexity index is 795. The van der Waals surface area contributed by atoms with Gasteiger partial charge in [0, 0.05) is 5.69 Å². The highest BCUT2D eigenvalue weighted by Gasteiger charge is 2.18. The molecule has 0 saturated heterocycles. The number of carbonyl (C=O) groups excluding carboxylic acids is 1. The number of amides is 1. The summed E-state index contributed by atoms with van der Waals surface area (Å²) in [5.41, 5.74) is 2.86. The molecule has 0 unspecified atom stereocenters. The highest BCUT2D eigenvalue weighted by Crippen LogP contribution is 2.26. The van der Waals surface area contributed by atoms with Crippen LogP contribution in [0.15, 0.2) is 48.5 Å². The van der Waals surface area contributed by atoms with Crippen LogP contribution in [-0.4, -0.2) is 10.9 Å². The van der Waals surface area contributed by atoms with Crippen molar-refractivity contribution < 1.29 is 4.79 Å². The van der Waals surface area contributed by atoms with Gasteiger partial charge >= 0.3 is 0 Å². The van der Waals surface area contributed by atoms with Gasteiger partial charge in [-0.3, -0.25) is 4.79 Å². The number of aromatic nitrogens is 1. The molecule has 1 amide bonds. The molecule has 1 atom stereocenters. The van der Waals surface area contributed by atoms with E-state index in [1.54, 1.807) is 11.3 Å². The van der Waals surface area contributed by atoms with E-state index in [2.05, 4.69) is 10.3 Å². The van der Waals surface area contributed by atoms with Gasteiger partial charge < -0.3 is 5.32 Å². The number of nitrogens with one attached hydrogen (secondary N) is 1. The van der Waals surface area contributed by atoms with Crippen LogP contribution in [0.3, 0.4) is 0 Å². The van der Waals surface area contributed by atoms with Gasteiger partial charge in [0.2, 0.25) is 5.91 Å². The molecule has 112 valence electrons. The van der Waals surface area contributed by atoms with Gasteiger partial charge in [-0.15, -0.1) is 11.3 Å². The minimum Gasteiger partial charge on any atom is -0.326 e. The Hall–Kier alpha value is -2.20. The summed E-state index contributed by atoms with van der Waals surface area (Å²) < 4.78 is 1.10. The molecule has 0 saturated carbocycles. The predicted octanol–water partition coefficient (Wildman–Crippen LogP) is 4.74. The second kappa shape index (κ2) is 6.28. The van der Waals surface area contributed by atoms with E-state index in [1.165, 1.54) is 0 Å². The average molecular weight is 310 g/mol. The van der Waals surface area contributed by atoms with E-state index < -0.39 is 0 Å². The Kier molecular flexibility index (Phi) is 4.20. The molecule has 0 radical (unpaired) electrons. The molecular formula is C18H18N2OS. The fraction of sp³-hybridized carbons (Fsp3) is 0.222. The van der Waals surface area contributed by atoms with Gasteiger partial charge in [0.25, 0.3) is 0 Å². The topological polar surface area (TPSA) is 42.0 Å². The molecule has 3 rings (SSSR count). The van der Waals surface area contributed by atoms with E-state index in [0.717, 1.165) is 32.9 Å². The predicted molar refractivity (Wildman–Crippen MR) is 92.5 cm³/mol. The maximum absolute atomic E-state index is 12.6. The highest BCUT2D eigenvalue weighted by molar-refractivity contribution is 7.18. The Morgan fingerprint density at radius 3 is 2.73 bits per heavy atom. The van der Waals surface area contributed by atoms with Gasteiger partial charge in [-0.2, -0.15) is 0 Å². The zero-order valence-corrected chi connectivity index (χ0v) is 13.5. The van der Waals surface area contributed by atoms with E-state index >= 15 is 0 Å². The maximum atomic E-state index is 12.6. The molecule has 0 spiro atoms. The molecule has 22 heavy (non-hydrogen) atoms. The van der Waals surface area contributed by atoms with Gasteiger partial charge in [-0.25, -0.2) is 4.98 Å². The number of aryl methyl sites for hydroxylation is 1. The summed E-state index contributed by atoms with van der Waals surface area (Å²) in [5, 5.41) is 4.07. The lowest BCUT2D eigenvalue weighted by Crippen LogP contribution is -2.20. The fourth-order valence-electron chi connectivity index (χ4n) is 2.60. The van der Waals surface area contributed by atoms with Crippen molar-refractivity contribution in [3.8, 4) is 0 Å². The van der Waals surface area contributed by atoms with Crippen LogP contribution in [0.4, 0.5) is 5.69 Å². The standard InChI is InChI=1S/C18H18N2OS/c1-3-15(13-7-5-4-6-8-13)18(21)20-14-9-10-16-17(11-14)22-12(2)19-16/h4-11,15H,3H2,1-2H3,(H,20,21)/t15-/m0/s1. The van der Waals surface area contributed by atoms with Crippen molar-refractivity contribution in [1.82, 2.24) is 4.98 Å². The summed E-state index contributed by atoms with van der Waals surface area (Å²) in [6.07, 6.45) is 0.776. The van der Waals surface area contributed by atoms with Gasteiger partial charge in [-0.05, 0) is 37.1 Å². The number of nitrogens with zero attached hydrogens (tertiary/aromatic N) is 1. The summed E-state index contributed by atoms with van der Waals surface area (Å²) in [7, 11) is 0. The number of rotatable bonds is 4. The molecule has 1 aromatic heterocycles. The minimum absolute atomic E-state index is 0.0364. The van der Waals surface area contributed by atoms with Crippen LogP contribution in [-0.2, 0) is 4.79 Å². The Balaban J connectivity index is 1.82. The van der Waals surface area contributed by atoms with Gasteiger partial charge in [0.05, 0.1) is 21.1 Å². The van der Waals surface area contributed by atoms with Crippen molar-refractivity contribution >= 4 is 33.1 Å². The van der Waals surface area contributed by atoms with Crippen LogP contribution in [0.5, 0.6) is 0 Å². The van der Waals surface area contributed by atoms with Crippen LogP contribution in [0, 0.1) is 6.92 Å². The SMILES string of the molecule is CC[C@H](C(=O)Nc1ccc2nc(C)sc2c1)c1ccccc1. The Labute approximate surface area is 134 Å². The number of fused-ring (bicyclic) bond motifs is 1. The van der Waals surface area contributed by atoms with E-state index in [4.69, 9.17) is 0 Å². The molecule has 1 N–H and O–H groups in total. The number of hydrogen-bond acceptors (Lipinski definition) is 3. The third kappa shape index (κ3) is 3.02. The molecule has 0 aliphatic heterocycles. The largest absolute Gasteiger partial charge is 0.326 e. The fourth-order valence-corrected chi connectivity index (χ4v) is 3.47. The smallest absolute Gasteiger partial charge is 0.231 e. The van der Waals surface area contributed by atoms with E-state index in [9.17, 15) is 4.79 Å². The first-order valence-electron chi connectivity index (χ1n) is 7.40. The van der Waals surface area contributed by atoms with Crippen LogP contribution >= 0.6 is 11.3 Å². The number of anilines is 1. The second-order valence-electron chi connectivity index (χ2n) is 5.28. The van der Waals surface area contributed by atoms with Crippen molar-refractivity contribution in [1.29, 1.82) is 0 Å². The van der Waals surface area contributed by atoms with Gasteiger partial charge in [-0.1, -0.05) is 37.3 Å². The molecule has 3 aromatic rings. The van der Waals surface area contributed by atoms with Crippen molar-refractivity contribution in [3.05, 3.63) is 59.1 Å². The Morgan fingerprint density at radius 1 is 1.23 bits per heavy atom. The Morgan fingerprint density at radius 2 is 2.00 bits per heavy atom. The quantitative estimate of drug-likeness (QED) is 0.756. The minimum atomic E-state index is -0.125. The summed E-state index contributed by atoms with van der Waals surface area (Å²) >= 11 is 1.64. The monoisotopic (exact) mass is 310 g/mol. The normalized spacial score (nSPS) is 12.3. The number of thiazole rings is 1. The van der Waals surface area contributed by atoms with Crippen LogP contribution in [0.2, 0.25) is 0 Å². The lowest BCUT2D eigenvalue weighted by molar-refractivity contribution is -0.117. The second-order valence-corrected chi connectivity index (χ2v) is 6.51. The molecule has 0 aliphatic carbocycles. The van der Waals surface area contributed by atoms with Crippen molar-refractivity contribution in [3.63, 3.8) is 0 Å². The molecule has 4 heteroatoms. The van der Waals surface area contributed by atoms with Gasteiger partial charge in [0.15, 0.2) is 0 Å². The molecule has 3 nitrogen and oxygen atoms in total. The summed E-state index contributed by atoms with van der Waals surface area (Å²) in [5.74, 6) is -0.0885. The van der Waals surface area contributed by atoms with Gasteiger partial charge in [0.1, 0.15) is 0 Å². The van der Waals surface area contributed by atoms with E-state index in [-0.39, 0.29) is 11.8 Å². The van der Waals surface area contributed by atoms with Crippen LogP contribution < -0.4 is 5.32 Å². The van der Waals surface area contributed by atoms with Crippen molar-refractivity contribution in [2.75, 3.05) is 5.32 Å². The van der Waals surface area contributed by atoms with E-state index in [1.807, 2.05) is 62.4 Å². The molecule has 0 aliphatic rings. The third-order valence-electron chi connectivity index (χ3n) is 3.69. The van der Waals surface area contributed by atoms with Crippen LogP contribution in [0.1, 0.15) is 29.8 Å². The zero-order valence-electron chi connectivity index (χ0n) is 12.7. The summed E-state index contributed by atoms with van der Waals surface area (Å²) in [6, 6.07) is 15.8. The number of benzene rings is 2. The average Bonchev–Trinajstić information content (AvgIpc) is 2.88.